The lowest BCUT2D eigenvalue weighted by Crippen LogP contribution is -2.39. The molecule has 0 saturated carbocycles. The summed E-state index contributed by atoms with van der Waals surface area (Å²) in [5.74, 6) is -0.195. The Kier molecular flexibility index (Phi) is 4.85. The molecule has 2 N–H and O–H groups in total. The van der Waals surface area contributed by atoms with Gasteiger partial charge in [-0.25, -0.2) is 0 Å². The van der Waals surface area contributed by atoms with Crippen LogP contribution in [0.2, 0.25) is 0 Å². The summed E-state index contributed by atoms with van der Waals surface area (Å²) in [5, 5.41) is 11.8. The van der Waals surface area contributed by atoms with E-state index in [9.17, 15) is 9.90 Å². The summed E-state index contributed by atoms with van der Waals surface area (Å²) >= 11 is 0. The van der Waals surface area contributed by atoms with Gasteiger partial charge in [0.05, 0.1) is 5.60 Å². The topological polar surface area (TPSA) is 58.6 Å². The third-order valence-electron chi connectivity index (χ3n) is 1.16. The van der Waals surface area contributed by atoms with Crippen LogP contribution in [0.15, 0.2) is 0 Å². The Morgan fingerprint density at radius 2 is 2.17 bits per heavy atom. The molecule has 0 aliphatic heterocycles. The highest BCUT2D eigenvalue weighted by Gasteiger charge is 2.13. The first kappa shape index (κ1) is 11.4. The van der Waals surface area contributed by atoms with Gasteiger partial charge in [0.1, 0.15) is 6.61 Å². The zero-order valence-corrected chi connectivity index (χ0v) is 7.89. The largest absolute Gasteiger partial charge is 0.389 e. The van der Waals surface area contributed by atoms with Crippen LogP contribution in [0.1, 0.15) is 20.8 Å². The van der Waals surface area contributed by atoms with Crippen molar-refractivity contribution in [2.45, 2.75) is 26.4 Å². The fraction of sp³-hybridized carbons (Fsp3) is 0.875. The van der Waals surface area contributed by atoms with Crippen molar-refractivity contribution in [2.24, 2.45) is 0 Å². The highest BCUT2D eigenvalue weighted by molar-refractivity contribution is 5.77. The molecule has 0 aromatic rings. The minimum absolute atomic E-state index is 0.0621. The van der Waals surface area contributed by atoms with Crippen LogP contribution in [0.25, 0.3) is 0 Å². The number of hydrogen-bond donors (Lipinski definition) is 2. The quantitative estimate of drug-likeness (QED) is 0.614. The van der Waals surface area contributed by atoms with Crippen molar-refractivity contribution < 1.29 is 14.6 Å². The molecule has 72 valence electrons. The summed E-state index contributed by atoms with van der Waals surface area (Å²) in [6.45, 7) is 5.92. The van der Waals surface area contributed by atoms with E-state index in [0.717, 1.165) is 0 Å². The molecule has 0 spiro atoms. The molecule has 0 aliphatic rings. The molecule has 0 fully saturated rings. The van der Waals surface area contributed by atoms with Gasteiger partial charge >= 0.3 is 0 Å². The van der Waals surface area contributed by atoms with Crippen molar-refractivity contribution in [1.82, 2.24) is 5.32 Å². The zero-order chi connectivity index (χ0) is 9.61. The molecule has 0 unspecified atom stereocenters. The highest BCUT2D eigenvalue weighted by Crippen LogP contribution is 1.96. The maximum absolute atomic E-state index is 10.9. The summed E-state index contributed by atoms with van der Waals surface area (Å²) in [5.41, 5.74) is -0.859. The van der Waals surface area contributed by atoms with Gasteiger partial charge in [-0.2, -0.15) is 0 Å². The van der Waals surface area contributed by atoms with Crippen molar-refractivity contribution in [3.05, 3.63) is 0 Å². The van der Waals surface area contributed by atoms with Gasteiger partial charge in [-0.1, -0.05) is 0 Å². The Bertz CT molecular complexity index is 140. The van der Waals surface area contributed by atoms with Gasteiger partial charge in [0.15, 0.2) is 0 Å². The molecule has 1 amide bonds. The van der Waals surface area contributed by atoms with Gasteiger partial charge in [-0.05, 0) is 20.8 Å². The summed E-state index contributed by atoms with van der Waals surface area (Å²) in [4.78, 5) is 10.9. The molecule has 0 aromatic heterocycles. The minimum Gasteiger partial charge on any atom is -0.389 e. The van der Waals surface area contributed by atoms with Gasteiger partial charge in [0, 0.05) is 13.2 Å². The second-order valence-corrected chi connectivity index (χ2v) is 3.23. The van der Waals surface area contributed by atoms with E-state index in [4.69, 9.17) is 4.74 Å². The molecule has 0 saturated heterocycles. The molecule has 12 heavy (non-hydrogen) atoms. The smallest absolute Gasteiger partial charge is 0.246 e. The van der Waals surface area contributed by atoms with Gasteiger partial charge in [-0.15, -0.1) is 0 Å². The van der Waals surface area contributed by atoms with E-state index in [1.807, 2.05) is 6.92 Å². The van der Waals surface area contributed by atoms with E-state index in [-0.39, 0.29) is 19.1 Å². The first-order chi connectivity index (χ1) is 5.45. The van der Waals surface area contributed by atoms with Gasteiger partial charge in [0.2, 0.25) is 5.91 Å². The fourth-order valence-corrected chi connectivity index (χ4v) is 0.561. The van der Waals surface area contributed by atoms with E-state index >= 15 is 0 Å². The number of aliphatic hydroxyl groups is 1. The molecule has 4 nitrogen and oxygen atoms in total. The summed E-state index contributed by atoms with van der Waals surface area (Å²) in [6.07, 6.45) is 0. The third-order valence-corrected chi connectivity index (χ3v) is 1.16. The van der Waals surface area contributed by atoms with Crippen LogP contribution in [0.4, 0.5) is 0 Å². The first-order valence-electron chi connectivity index (χ1n) is 4.02. The highest BCUT2D eigenvalue weighted by atomic mass is 16.5. The number of amides is 1. The fourth-order valence-electron chi connectivity index (χ4n) is 0.561. The molecule has 4 heteroatoms. The summed E-state index contributed by atoms with van der Waals surface area (Å²) < 4.78 is 4.87. The van der Waals surface area contributed by atoms with Crippen LogP contribution >= 0.6 is 0 Å². The van der Waals surface area contributed by atoms with Gasteiger partial charge < -0.3 is 15.2 Å². The van der Waals surface area contributed by atoms with E-state index in [1.165, 1.54) is 0 Å². The molecule has 0 heterocycles. The van der Waals surface area contributed by atoms with E-state index < -0.39 is 5.60 Å². The lowest BCUT2D eigenvalue weighted by atomic mass is 10.1. The van der Waals surface area contributed by atoms with Crippen molar-refractivity contribution in [1.29, 1.82) is 0 Å². The first-order valence-corrected chi connectivity index (χ1v) is 4.02. The average Bonchev–Trinajstić information content (AvgIpc) is 1.95. The lowest BCUT2D eigenvalue weighted by molar-refractivity contribution is -0.126. The average molecular weight is 175 g/mol. The van der Waals surface area contributed by atoms with Crippen molar-refractivity contribution in [2.75, 3.05) is 19.8 Å². The molecule has 0 aliphatic carbocycles. The van der Waals surface area contributed by atoms with Crippen molar-refractivity contribution in [3.63, 3.8) is 0 Å². The van der Waals surface area contributed by atoms with Crippen molar-refractivity contribution in [3.8, 4) is 0 Å². The number of ether oxygens (including phenoxy) is 1. The van der Waals surface area contributed by atoms with Crippen molar-refractivity contribution >= 4 is 5.91 Å². The number of hydrogen-bond acceptors (Lipinski definition) is 3. The lowest BCUT2D eigenvalue weighted by Gasteiger charge is -2.17. The van der Waals surface area contributed by atoms with E-state index in [0.29, 0.717) is 6.61 Å². The van der Waals surface area contributed by atoms with Crippen LogP contribution in [-0.4, -0.2) is 36.4 Å². The molecular weight excluding hydrogens is 158 g/mol. The normalized spacial score (nSPS) is 11.3. The van der Waals surface area contributed by atoms with E-state index in [1.54, 1.807) is 13.8 Å². The molecule has 0 aromatic carbocycles. The maximum Gasteiger partial charge on any atom is 0.246 e. The zero-order valence-electron chi connectivity index (χ0n) is 7.89. The third kappa shape index (κ3) is 7.50. The maximum atomic E-state index is 10.9. The number of rotatable bonds is 5. The van der Waals surface area contributed by atoms with Crippen LogP contribution < -0.4 is 5.32 Å². The molecule has 0 bridgehead atoms. The molecular formula is C8H17NO3. The Morgan fingerprint density at radius 1 is 1.58 bits per heavy atom. The van der Waals surface area contributed by atoms with Crippen LogP contribution in [-0.2, 0) is 9.53 Å². The Labute approximate surface area is 72.9 Å². The predicted molar refractivity (Wildman–Crippen MR) is 45.8 cm³/mol. The Balaban J connectivity index is 3.44. The SMILES string of the molecule is CCOCC(=O)NCC(C)(C)O. The van der Waals surface area contributed by atoms with E-state index in [2.05, 4.69) is 5.32 Å². The minimum atomic E-state index is -0.859. The molecule has 0 rings (SSSR count). The monoisotopic (exact) mass is 175 g/mol. The van der Waals surface area contributed by atoms with Crippen LogP contribution in [0, 0.1) is 0 Å². The number of carbonyl (C=O) groups is 1. The Hall–Kier alpha value is -0.610. The van der Waals surface area contributed by atoms with Crippen LogP contribution in [0.5, 0.6) is 0 Å². The summed E-state index contributed by atoms with van der Waals surface area (Å²) in [7, 11) is 0. The second kappa shape index (κ2) is 5.11. The van der Waals surface area contributed by atoms with Gasteiger partial charge in [-0.3, -0.25) is 4.79 Å². The van der Waals surface area contributed by atoms with Gasteiger partial charge in [0.25, 0.3) is 0 Å². The standard InChI is InChI=1S/C8H17NO3/c1-4-12-5-7(10)9-6-8(2,3)11/h11H,4-6H2,1-3H3,(H,9,10). The number of nitrogens with one attached hydrogen (secondary N) is 1. The number of carbonyl (C=O) groups excluding carboxylic acids is 1. The predicted octanol–water partition coefficient (Wildman–Crippen LogP) is -0.0900. The van der Waals surface area contributed by atoms with Crippen LogP contribution in [0.3, 0.4) is 0 Å². The second-order valence-electron chi connectivity index (χ2n) is 3.23. The summed E-state index contributed by atoms with van der Waals surface area (Å²) in [6, 6.07) is 0. The Morgan fingerprint density at radius 3 is 2.58 bits per heavy atom. The molecule has 0 radical (unpaired) electrons. The molecule has 0 atom stereocenters.